The summed E-state index contributed by atoms with van der Waals surface area (Å²) in [5, 5.41) is 3.02. The number of pyridine rings is 1. The number of hydrogen-bond donors (Lipinski definition) is 2. The summed E-state index contributed by atoms with van der Waals surface area (Å²) in [5.74, 6) is -2.43. The van der Waals surface area contributed by atoms with E-state index in [-0.39, 0.29) is 59.8 Å². The van der Waals surface area contributed by atoms with Crippen LogP contribution in [0.25, 0.3) is 0 Å². The van der Waals surface area contributed by atoms with Gasteiger partial charge in [0.05, 0.1) is 21.3 Å². The van der Waals surface area contributed by atoms with Crippen molar-refractivity contribution in [3.8, 4) is 0 Å². The first kappa shape index (κ1) is 24.1. The number of nitrogens with two attached hydrogens (primary N) is 1. The van der Waals surface area contributed by atoms with Gasteiger partial charge < -0.3 is 15.8 Å². The van der Waals surface area contributed by atoms with Crippen LogP contribution in [0, 0.1) is 5.92 Å². The second-order valence-electron chi connectivity index (χ2n) is 8.66. The van der Waals surface area contributed by atoms with Crippen molar-refractivity contribution in [1.29, 1.82) is 0 Å². The molecular formula is C21H23Cl2FN4O4S. The third kappa shape index (κ3) is 4.29. The van der Waals surface area contributed by atoms with E-state index < -0.39 is 37.8 Å². The zero-order valence-corrected chi connectivity index (χ0v) is 20.1. The van der Waals surface area contributed by atoms with Crippen molar-refractivity contribution in [2.24, 2.45) is 16.6 Å². The van der Waals surface area contributed by atoms with Crippen molar-refractivity contribution in [2.45, 2.75) is 36.5 Å². The van der Waals surface area contributed by atoms with Crippen LogP contribution >= 0.6 is 23.2 Å². The second-order valence-corrected chi connectivity index (χ2v) is 11.8. The van der Waals surface area contributed by atoms with E-state index >= 15 is 0 Å². The van der Waals surface area contributed by atoms with Crippen LogP contribution < -0.4 is 11.1 Å². The first-order chi connectivity index (χ1) is 15.5. The van der Waals surface area contributed by atoms with Crippen LogP contribution in [0.3, 0.4) is 0 Å². The molecule has 12 heteroatoms. The van der Waals surface area contributed by atoms with E-state index in [0.29, 0.717) is 5.70 Å². The van der Waals surface area contributed by atoms with E-state index in [1.54, 1.807) is 6.92 Å². The molecule has 1 fully saturated rings. The quantitative estimate of drug-likeness (QED) is 0.636. The number of allylic oxidation sites excluding steroid dienone is 3. The van der Waals surface area contributed by atoms with Crippen molar-refractivity contribution < 1.29 is 22.3 Å². The Labute approximate surface area is 201 Å². The maximum Gasteiger partial charge on any atom is 0.275 e. The van der Waals surface area contributed by atoms with Crippen LogP contribution in [0.5, 0.6) is 0 Å². The highest BCUT2D eigenvalue weighted by Crippen LogP contribution is 2.44. The number of nitrogens with zero attached hydrogens (tertiary/aromatic N) is 2. The number of sulfone groups is 1. The Morgan fingerprint density at radius 1 is 1.30 bits per heavy atom. The molecule has 3 aliphatic rings. The number of halogens is 3. The summed E-state index contributed by atoms with van der Waals surface area (Å²) in [6.45, 7) is 2.11. The van der Waals surface area contributed by atoms with Gasteiger partial charge in [0.25, 0.3) is 5.91 Å². The van der Waals surface area contributed by atoms with Gasteiger partial charge in [0.2, 0.25) is 0 Å². The van der Waals surface area contributed by atoms with Gasteiger partial charge in [0.15, 0.2) is 9.84 Å². The molecule has 33 heavy (non-hydrogen) atoms. The minimum Gasteiger partial charge on any atom is -0.386 e. The number of hydrogen-bond acceptors (Lipinski definition) is 7. The Balaban J connectivity index is 1.59. The molecule has 1 aliphatic carbocycles. The predicted octanol–water partition coefficient (Wildman–Crippen LogP) is 2.97. The smallest absolute Gasteiger partial charge is 0.275 e. The Kier molecular flexibility index (Phi) is 6.32. The van der Waals surface area contributed by atoms with Crippen LogP contribution in [0.1, 0.15) is 36.7 Å². The van der Waals surface area contributed by atoms with Crippen molar-refractivity contribution in [2.75, 3.05) is 19.0 Å². The van der Waals surface area contributed by atoms with Crippen molar-refractivity contribution in [3.05, 3.63) is 51.7 Å². The molecule has 8 nitrogen and oxygen atoms in total. The standard InChI is InChI=1S/C21H23Cl2FN4O4S/c1-20(11-33(30,31)21(19(25)28-20)4-6-32-7-5-21)14-9-13(2-3-16(14)24)27-18(29)17-15(23)8-12(22)10-26-17/h2-3,8,10,14H,4-7,9,11H2,1H3,(H2,25,28)(H,27,29)/t14?,20-/m0/s1. The van der Waals surface area contributed by atoms with E-state index in [4.69, 9.17) is 33.7 Å². The molecule has 1 aromatic heterocycles. The second kappa shape index (κ2) is 8.65. The number of amides is 1. The third-order valence-electron chi connectivity index (χ3n) is 6.47. The van der Waals surface area contributed by atoms with Gasteiger partial charge in [0, 0.05) is 31.0 Å². The normalized spacial score (nSPS) is 28.5. The fraction of sp³-hybridized carbons (Fsp3) is 0.476. The summed E-state index contributed by atoms with van der Waals surface area (Å²) in [6.07, 6.45) is 4.36. The molecular weight excluding hydrogens is 494 g/mol. The van der Waals surface area contributed by atoms with E-state index in [1.165, 1.54) is 24.4 Å². The third-order valence-corrected chi connectivity index (χ3v) is 9.74. The average molecular weight is 517 g/mol. The molecule has 3 heterocycles. The van der Waals surface area contributed by atoms with Crippen molar-refractivity contribution in [3.63, 3.8) is 0 Å². The van der Waals surface area contributed by atoms with Gasteiger partial charge in [0.1, 0.15) is 22.1 Å². The monoisotopic (exact) mass is 516 g/mol. The molecule has 1 saturated heterocycles. The van der Waals surface area contributed by atoms with E-state index in [1.807, 2.05) is 0 Å². The number of rotatable bonds is 3. The number of aliphatic imine (C=N–C) groups is 1. The molecule has 0 radical (unpaired) electrons. The van der Waals surface area contributed by atoms with Crippen LogP contribution in [0.15, 0.2) is 40.9 Å². The average Bonchev–Trinajstić information content (AvgIpc) is 2.74. The number of ether oxygens (including phenoxy) is 1. The lowest BCUT2D eigenvalue weighted by Crippen LogP contribution is -2.62. The molecule has 178 valence electrons. The SMILES string of the molecule is C[C@@]1(C2CC(NC(=O)c3ncc(Cl)cc3Cl)=CC=C2F)CS(=O)(=O)C2(CCOCC2)C(N)=N1. The molecule has 4 rings (SSSR count). The first-order valence-corrected chi connectivity index (χ1v) is 12.7. The van der Waals surface area contributed by atoms with Crippen LogP contribution in [0.2, 0.25) is 10.0 Å². The fourth-order valence-electron chi connectivity index (χ4n) is 4.62. The van der Waals surface area contributed by atoms with Gasteiger partial charge in [-0.05, 0) is 44.4 Å². The molecule has 0 bridgehead atoms. The Bertz CT molecular complexity index is 1190. The number of aromatic nitrogens is 1. The van der Waals surface area contributed by atoms with Crippen LogP contribution in [-0.4, -0.2) is 54.4 Å². The maximum absolute atomic E-state index is 15.0. The molecule has 1 amide bonds. The van der Waals surface area contributed by atoms with Crippen molar-refractivity contribution >= 4 is 44.8 Å². The minimum absolute atomic E-state index is 0.00960. The molecule has 3 N–H and O–H groups in total. The van der Waals surface area contributed by atoms with Crippen LogP contribution in [-0.2, 0) is 14.6 Å². The largest absolute Gasteiger partial charge is 0.386 e. The van der Waals surface area contributed by atoms with E-state index in [0.717, 1.165) is 0 Å². The predicted molar refractivity (Wildman–Crippen MR) is 124 cm³/mol. The summed E-state index contributed by atoms with van der Waals surface area (Å²) in [5.41, 5.74) is 5.22. The topological polar surface area (TPSA) is 124 Å². The lowest BCUT2D eigenvalue weighted by molar-refractivity contribution is 0.0871. The zero-order chi connectivity index (χ0) is 24.0. The number of carbonyl (C=O) groups excluding carboxylic acids is 1. The van der Waals surface area contributed by atoms with Gasteiger partial charge in [-0.25, -0.2) is 17.8 Å². The molecule has 2 atom stereocenters. The highest BCUT2D eigenvalue weighted by molar-refractivity contribution is 7.93. The summed E-state index contributed by atoms with van der Waals surface area (Å²) in [7, 11) is -3.75. The Morgan fingerprint density at radius 3 is 2.64 bits per heavy atom. The molecule has 0 saturated carbocycles. The summed E-state index contributed by atoms with van der Waals surface area (Å²) >= 11 is 11.9. The Hall–Kier alpha value is -2.01. The maximum atomic E-state index is 15.0. The van der Waals surface area contributed by atoms with Gasteiger partial charge in [-0.1, -0.05) is 23.2 Å². The van der Waals surface area contributed by atoms with Gasteiger partial charge in [-0.3, -0.25) is 9.79 Å². The highest BCUT2D eigenvalue weighted by atomic mass is 35.5. The molecule has 1 aromatic rings. The van der Waals surface area contributed by atoms with E-state index in [2.05, 4.69) is 15.3 Å². The van der Waals surface area contributed by atoms with Gasteiger partial charge in [-0.15, -0.1) is 0 Å². The first-order valence-electron chi connectivity index (χ1n) is 10.3. The van der Waals surface area contributed by atoms with E-state index in [9.17, 15) is 17.6 Å². The zero-order valence-electron chi connectivity index (χ0n) is 17.8. The number of carbonyl (C=O) groups is 1. The summed E-state index contributed by atoms with van der Waals surface area (Å²) in [6, 6.07) is 1.39. The molecule has 0 aromatic carbocycles. The highest BCUT2D eigenvalue weighted by Gasteiger charge is 2.57. The van der Waals surface area contributed by atoms with Gasteiger partial charge >= 0.3 is 0 Å². The molecule has 2 aliphatic heterocycles. The summed E-state index contributed by atoms with van der Waals surface area (Å²) < 4.78 is 45.7. The van der Waals surface area contributed by atoms with Crippen LogP contribution in [0.4, 0.5) is 4.39 Å². The lowest BCUT2D eigenvalue weighted by Gasteiger charge is -2.46. The molecule has 1 spiro atoms. The van der Waals surface area contributed by atoms with Crippen molar-refractivity contribution in [1.82, 2.24) is 10.3 Å². The Morgan fingerprint density at radius 2 is 2.00 bits per heavy atom. The lowest BCUT2D eigenvalue weighted by atomic mass is 9.80. The van der Waals surface area contributed by atoms with Gasteiger partial charge in [-0.2, -0.15) is 0 Å². The summed E-state index contributed by atoms with van der Waals surface area (Å²) in [4.78, 5) is 21.1. The fourth-order valence-corrected chi connectivity index (χ4v) is 7.55. The molecule has 1 unspecified atom stereocenters. The minimum atomic E-state index is -3.75. The number of amidine groups is 1. The number of nitrogens with one attached hydrogen (secondary N) is 1.